The summed E-state index contributed by atoms with van der Waals surface area (Å²) in [5, 5.41) is 0. The summed E-state index contributed by atoms with van der Waals surface area (Å²) in [6.45, 7) is 1.72. The lowest BCUT2D eigenvalue weighted by Crippen LogP contribution is -2.27. The number of carbonyl (C=O) groups excluding carboxylic acids is 1. The average Bonchev–Trinajstić information content (AvgIpc) is 2.81. The number of ether oxygens (including phenoxy) is 1. The fraction of sp³-hybridized carbons (Fsp3) is 0.417. The Hall–Kier alpha value is -1.03. The van der Waals surface area contributed by atoms with E-state index in [0.717, 1.165) is 30.4 Å². The van der Waals surface area contributed by atoms with Crippen molar-refractivity contribution in [2.24, 2.45) is 0 Å². The Balaban J connectivity index is 2.28. The smallest absolute Gasteiger partial charge is 0.257 e. The van der Waals surface area contributed by atoms with Crippen molar-refractivity contribution in [1.82, 2.24) is 4.90 Å². The first-order valence-electron chi connectivity index (χ1n) is 5.35. The highest BCUT2D eigenvalue weighted by Crippen LogP contribution is 2.25. The van der Waals surface area contributed by atoms with Gasteiger partial charge < -0.3 is 9.64 Å². The molecule has 0 atom stereocenters. The molecule has 16 heavy (non-hydrogen) atoms. The molecule has 1 amide bonds. The van der Waals surface area contributed by atoms with Gasteiger partial charge in [0.05, 0.1) is 12.7 Å². The summed E-state index contributed by atoms with van der Waals surface area (Å²) >= 11 is 3.36. The minimum absolute atomic E-state index is 0.0712. The lowest BCUT2D eigenvalue weighted by atomic mass is 10.2. The van der Waals surface area contributed by atoms with Gasteiger partial charge in [0.25, 0.3) is 5.91 Å². The number of methoxy groups -OCH3 is 1. The Morgan fingerprint density at radius 3 is 2.69 bits per heavy atom. The van der Waals surface area contributed by atoms with Gasteiger partial charge in [-0.3, -0.25) is 4.79 Å². The SMILES string of the molecule is COc1cc(Br)ccc1C(=O)N1CCCC1. The van der Waals surface area contributed by atoms with Gasteiger partial charge in [0, 0.05) is 17.6 Å². The Morgan fingerprint density at radius 1 is 1.38 bits per heavy atom. The Bertz CT molecular complexity index is 400. The molecule has 1 aromatic rings. The molecule has 1 aromatic carbocycles. The lowest BCUT2D eigenvalue weighted by molar-refractivity contribution is 0.0789. The fourth-order valence-electron chi connectivity index (χ4n) is 1.93. The molecule has 1 saturated heterocycles. The van der Waals surface area contributed by atoms with Crippen LogP contribution in [0.3, 0.4) is 0 Å². The van der Waals surface area contributed by atoms with Crippen molar-refractivity contribution in [3.63, 3.8) is 0 Å². The number of halogens is 1. The third-order valence-electron chi connectivity index (χ3n) is 2.79. The van der Waals surface area contributed by atoms with Crippen LogP contribution in [0.2, 0.25) is 0 Å². The van der Waals surface area contributed by atoms with Crippen LogP contribution in [0.4, 0.5) is 0 Å². The highest BCUT2D eigenvalue weighted by atomic mass is 79.9. The first-order chi connectivity index (χ1) is 7.72. The second-order valence-corrected chi connectivity index (χ2v) is 4.76. The van der Waals surface area contributed by atoms with Gasteiger partial charge in [-0.15, -0.1) is 0 Å². The third kappa shape index (κ3) is 2.21. The maximum atomic E-state index is 12.2. The van der Waals surface area contributed by atoms with E-state index in [2.05, 4.69) is 15.9 Å². The van der Waals surface area contributed by atoms with Gasteiger partial charge >= 0.3 is 0 Å². The van der Waals surface area contributed by atoms with Crippen molar-refractivity contribution in [2.45, 2.75) is 12.8 Å². The summed E-state index contributed by atoms with van der Waals surface area (Å²) in [6, 6.07) is 5.50. The molecule has 1 fully saturated rings. The van der Waals surface area contributed by atoms with Gasteiger partial charge in [-0.25, -0.2) is 0 Å². The predicted octanol–water partition coefficient (Wildman–Crippen LogP) is 2.69. The molecule has 0 unspecified atom stereocenters. The minimum Gasteiger partial charge on any atom is -0.496 e. The zero-order chi connectivity index (χ0) is 11.5. The van der Waals surface area contributed by atoms with Crippen LogP contribution in [0.1, 0.15) is 23.2 Å². The average molecular weight is 284 g/mol. The number of rotatable bonds is 2. The quantitative estimate of drug-likeness (QED) is 0.835. The molecule has 4 heteroatoms. The van der Waals surface area contributed by atoms with Crippen molar-refractivity contribution < 1.29 is 9.53 Å². The molecule has 0 radical (unpaired) electrons. The predicted molar refractivity (Wildman–Crippen MR) is 65.8 cm³/mol. The van der Waals surface area contributed by atoms with Crippen LogP contribution >= 0.6 is 15.9 Å². The zero-order valence-electron chi connectivity index (χ0n) is 9.20. The van der Waals surface area contributed by atoms with E-state index in [1.165, 1.54) is 0 Å². The Kier molecular flexibility index (Phi) is 3.49. The van der Waals surface area contributed by atoms with Crippen LogP contribution in [-0.2, 0) is 0 Å². The van der Waals surface area contributed by atoms with E-state index in [9.17, 15) is 4.79 Å². The number of hydrogen-bond donors (Lipinski definition) is 0. The van der Waals surface area contributed by atoms with Gasteiger partial charge in [-0.2, -0.15) is 0 Å². The first kappa shape index (κ1) is 11.5. The molecule has 1 aliphatic rings. The molecular weight excluding hydrogens is 270 g/mol. The molecule has 1 aliphatic heterocycles. The van der Waals surface area contributed by atoms with Crippen molar-refractivity contribution >= 4 is 21.8 Å². The van der Waals surface area contributed by atoms with Gasteiger partial charge in [0.1, 0.15) is 5.75 Å². The van der Waals surface area contributed by atoms with E-state index in [4.69, 9.17) is 4.74 Å². The van der Waals surface area contributed by atoms with Crippen molar-refractivity contribution in [3.8, 4) is 5.75 Å². The van der Waals surface area contributed by atoms with Gasteiger partial charge in [-0.05, 0) is 31.0 Å². The van der Waals surface area contributed by atoms with E-state index in [1.807, 2.05) is 23.1 Å². The molecule has 86 valence electrons. The molecule has 1 heterocycles. The molecule has 0 bridgehead atoms. The number of nitrogens with zero attached hydrogens (tertiary/aromatic N) is 1. The van der Waals surface area contributed by atoms with Gasteiger partial charge in [-0.1, -0.05) is 15.9 Å². The van der Waals surface area contributed by atoms with E-state index in [-0.39, 0.29) is 5.91 Å². The maximum Gasteiger partial charge on any atom is 0.257 e. The number of carbonyl (C=O) groups is 1. The normalized spacial score (nSPS) is 15.2. The second kappa shape index (κ2) is 4.87. The maximum absolute atomic E-state index is 12.2. The number of amides is 1. The largest absolute Gasteiger partial charge is 0.496 e. The monoisotopic (exact) mass is 283 g/mol. The highest BCUT2D eigenvalue weighted by molar-refractivity contribution is 9.10. The van der Waals surface area contributed by atoms with Gasteiger partial charge in [0.2, 0.25) is 0 Å². The summed E-state index contributed by atoms with van der Waals surface area (Å²) in [6.07, 6.45) is 2.20. The Morgan fingerprint density at radius 2 is 2.06 bits per heavy atom. The Labute approximate surface area is 104 Å². The summed E-state index contributed by atoms with van der Waals surface area (Å²) in [7, 11) is 1.59. The van der Waals surface area contributed by atoms with E-state index >= 15 is 0 Å². The summed E-state index contributed by atoms with van der Waals surface area (Å²) in [5.41, 5.74) is 0.646. The van der Waals surface area contributed by atoms with E-state index in [0.29, 0.717) is 11.3 Å². The molecule has 0 spiro atoms. The highest BCUT2D eigenvalue weighted by Gasteiger charge is 2.22. The number of hydrogen-bond acceptors (Lipinski definition) is 2. The van der Waals surface area contributed by atoms with Crippen LogP contribution in [0.5, 0.6) is 5.75 Å². The molecule has 0 saturated carbocycles. The molecule has 2 rings (SSSR count). The summed E-state index contributed by atoms with van der Waals surface area (Å²) in [4.78, 5) is 14.0. The first-order valence-corrected chi connectivity index (χ1v) is 6.14. The minimum atomic E-state index is 0.0712. The lowest BCUT2D eigenvalue weighted by Gasteiger charge is -2.17. The molecule has 0 aromatic heterocycles. The van der Waals surface area contributed by atoms with Gasteiger partial charge in [0.15, 0.2) is 0 Å². The fourth-order valence-corrected chi connectivity index (χ4v) is 2.27. The molecular formula is C12H14BrNO2. The zero-order valence-corrected chi connectivity index (χ0v) is 10.8. The summed E-state index contributed by atoms with van der Waals surface area (Å²) < 4.78 is 6.15. The topological polar surface area (TPSA) is 29.5 Å². The standard InChI is InChI=1S/C12H14BrNO2/c1-16-11-8-9(13)4-5-10(11)12(15)14-6-2-3-7-14/h4-5,8H,2-3,6-7H2,1H3. The van der Waals surface area contributed by atoms with Crippen LogP contribution in [0, 0.1) is 0 Å². The van der Waals surface area contributed by atoms with Crippen molar-refractivity contribution in [3.05, 3.63) is 28.2 Å². The van der Waals surface area contributed by atoms with Crippen LogP contribution in [-0.4, -0.2) is 31.0 Å². The third-order valence-corrected chi connectivity index (χ3v) is 3.28. The van der Waals surface area contributed by atoms with E-state index in [1.54, 1.807) is 7.11 Å². The van der Waals surface area contributed by atoms with Crippen LogP contribution < -0.4 is 4.74 Å². The molecule has 0 N–H and O–H groups in total. The number of benzene rings is 1. The molecule has 3 nitrogen and oxygen atoms in total. The van der Waals surface area contributed by atoms with E-state index < -0.39 is 0 Å². The van der Waals surface area contributed by atoms with Crippen molar-refractivity contribution in [2.75, 3.05) is 20.2 Å². The van der Waals surface area contributed by atoms with Crippen LogP contribution in [0.15, 0.2) is 22.7 Å². The summed E-state index contributed by atoms with van der Waals surface area (Å²) in [5.74, 6) is 0.702. The van der Waals surface area contributed by atoms with Crippen molar-refractivity contribution in [1.29, 1.82) is 0 Å². The second-order valence-electron chi connectivity index (χ2n) is 3.84. The van der Waals surface area contributed by atoms with Crippen LogP contribution in [0.25, 0.3) is 0 Å². The molecule has 0 aliphatic carbocycles. The number of likely N-dealkylation sites (tertiary alicyclic amines) is 1.